The van der Waals surface area contributed by atoms with Crippen LogP contribution in [0.1, 0.15) is 13.3 Å². The number of nitrogens with one attached hydrogen (secondary N) is 1. The number of hydrogen-bond donors (Lipinski definition) is 3. The van der Waals surface area contributed by atoms with Crippen LogP contribution >= 0.6 is 0 Å². The molecule has 0 aromatic rings. The number of likely N-dealkylation sites (tertiary alicyclic amines) is 1. The van der Waals surface area contributed by atoms with E-state index in [1.165, 1.54) is 12.0 Å². The molecular formula is C12H19N3O6. The van der Waals surface area contributed by atoms with Gasteiger partial charge in [-0.2, -0.15) is 0 Å². The summed E-state index contributed by atoms with van der Waals surface area (Å²) in [6, 6.07) is -2.04. The van der Waals surface area contributed by atoms with Crippen LogP contribution in [0.2, 0.25) is 0 Å². The lowest BCUT2D eigenvalue weighted by molar-refractivity contribution is -0.146. The minimum Gasteiger partial charge on any atom is -0.480 e. The third-order valence-corrected chi connectivity index (χ3v) is 3.40. The summed E-state index contributed by atoms with van der Waals surface area (Å²) in [4.78, 5) is 46.6. The van der Waals surface area contributed by atoms with Gasteiger partial charge in [-0.25, -0.2) is 9.59 Å². The molecule has 0 radical (unpaired) electrons. The van der Waals surface area contributed by atoms with Crippen molar-refractivity contribution in [3.63, 3.8) is 0 Å². The van der Waals surface area contributed by atoms with Crippen molar-refractivity contribution in [3.05, 3.63) is 0 Å². The van der Waals surface area contributed by atoms with Crippen molar-refractivity contribution < 1.29 is 29.0 Å². The van der Waals surface area contributed by atoms with Gasteiger partial charge in [0.1, 0.15) is 6.04 Å². The molecule has 0 aromatic carbocycles. The summed E-state index contributed by atoms with van der Waals surface area (Å²) in [5, 5.41) is 11.2. The lowest BCUT2D eigenvalue weighted by Crippen LogP contribution is -2.48. The Morgan fingerprint density at radius 1 is 1.38 bits per heavy atom. The SMILES string of the molecule is COC(=O)C1CN(C(=O)N[C@@H](CC(N)=O)C(=O)O)CC1C. The van der Waals surface area contributed by atoms with Crippen LogP contribution in [-0.4, -0.2) is 60.1 Å². The van der Waals surface area contributed by atoms with Crippen LogP contribution in [0.3, 0.4) is 0 Å². The number of esters is 1. The predicted octanol–water partition coefficient (Wildman–Crippen LogP) is -1.23. The summed E-state index contributed by atoms with van der Waals surface area (Å²) in [6.07, 6.45) is -0.495. The maximum Gasteiger partial charge on any atom is 0.326 e. The number of carbonyl (C=O) groups is 4. The summed E-state index contributed by atoms with van der Waals surface area (Å²) < 4.78 is 4.65. The van der Waals surface area contributed by atoms with Gasteiger partial charge < -0.3 is 25.8 Å². The van der Waals surface area contributed by atoms with Crippen molar-refractivity contribution in [2.75, 3.05) is 20.2 Å². The van der Waals surface area contributed by atoms with Crippen molar-refractivity contribution in [2.24, 2.45) is 17.6 Å². The number of rotatable bonds is 5. The zero-order valence-electron chi connectivity index (χ0n) is 11.9. The molecular weight excluding hydrogens is 282 g/mol. The normalized spacial score (nSPS) is 22.5. The van der Waals surface area contributed by atoms with Crippen LogP contribution in [0, 0.1) is 11.8 Å². The van der Waals surface area contributed by atoms with Gasteiger partial charge in [-0.15, -0.1) is 0 Å². The molecule has 3 atom stereocenters. The number of methoxy groups -OCH3 is 1. The number of ether oxygens (including phenoxy) is 1. The van der Waals surface area contributed by atoms with Gasteiger partial charge >= 0.3 is 18.0 Å². The molecule has 0 saturated carbocycles. The fourth-order valence-electron chi connectivity index (χ4n) is 2.23. The Kier molecular flexibility index (Phi) is 5.51. The number of nitrogens with two attached hydrogens (primary N) is 1. The number of hydrogen-bond acceptors (Lipinski definition) is 5. The fraction of sp³-hybridized carbons (Fsp3) is 0.667. The maximum absolute atomic E-state index is 12.0. The van der Waals surface area contributed by atoms with E-state index in [9.17, 15) is 19.2 Å². The Bertz CT molecular complexity index is 452. The molecule has 9 nitrogen and oxygen atoms in total. The van der Waals surface area contributed by atoms with Crippen LogP contribution < -0.4 is 11.1 Å². The van der Waals surface area contributed by atoms with E-state index in [2.05, 4.69) is 10.1 Å². The van der Waals surface area contributed by atoms with E-state index < -0.39 is 42.3 Å². The molecule has 1 aliphatic rings. The van der Waals surface area contributed by atoms with E-state index in [0.29, 0.717) is 6.54 Å². The van der Waals surface area contributed by atoms with Crippen LogP contribution in [0.4, 0.5) is 4.79 Å². The molecule has 21 heavy (non-hydrogen) atoms. The third-order valence-electron chi connectivity index (χ3n) is 3.40. The first kappa shape index (κ1) is 16.7. The summed E-state index contributed by atoms with van der Waals surface area (Å²) in [6.45, 7) is 2.24. The molecule has 118 valence electrons. The Labute approximate surface area is 121 Å². The molecule has 1 saturated heterocycles. The molecule has 0 bridgehead atoms. The molecule has 0 spiro atoms. The highest BCUT2D eigenvalue weighted by Crippen LogP contribution is 2.24. The molecule has 0 aliphatic carbocycles. The van der Waals surface area contributed by atoms with Crippen molar-refractivity contribution in [2.45, 2.75) is 19.4 Å². The molecule has 2 unspecified atom stereocenters. The molecule has 1 fully saturated rings. The topological polar surface area (TPSA) is 139 Å². The fourth-order valence-corrected chi connectivity index (χ4v) is 2.23. The second kappa shape index (κ2) is 6.91. The number of carboxylic acids is 1. The molecule has 1 heterocycles. The van der Waals surface area contributed by atoms with Gasteiger partial charge in [0.2, 0.25) is 5.91 Å². The van der Waals surface area contributed by atoms with Crippen molar-refractivity contribution in [1.29, 1.82) is 0 Å². The number of primary amides is 1. The van der Waals surface area contributed by atoms with Crippen LogP contribution in [0.15, 0.2) is 0 Å². The summed E-state index contributed by atoms with van der Waals surface area (Å²) in [5.41, 5.74) is 4.93. The van der Waals surface area contributed by atoms with Crippen LogP contribution in [-0.2, 0) is 19.1 Å². The number of amides is 3. The number of aliphatic carboxylic acids is 1. The first-order valence-electron chi connectivity index (χ1n) is 6.40. The van der Waals surface area contributed by atoms with Gasteiger partial charge in [-0.05, 0) is 5.92 Å². The average molecular weight is 301 g/mol. The van der Waals surface area contributed by atoms with E-state index in [1.807, 2.05) is 0 Å². The maximum atomic E-state index is 12.0. The van der Waals surface area contributed by atoms with Crippen molar-refractivity contribution >= 4 is 23.9 Å². The van der Waals surface area contributed by atoms with Gasteiger partial charge in [0.25, 0.3) is 0 Å². The number of nitrogens with zero attached hydrogens (tertiary/aromatic N) is 1. The Morgan fingerprint density at radius 3 is 2.48 bits per heavy atom. The molecule has 0 aromatic heterocycles. The second-order valence-corrected chi connectivity index (χ2v) is 5.02. The number of urea groups is 1. The molecule has 3 amide bonds. The lowest BCUT2D eigenvalue weighted by Gasteiger charge is -2.20. The van der Waals surface area contributed by atoms with Gasteiger partial charge in [0.15, 0.2) is 0 Å². The van der Waals surface area contributed by atoms with Crippen LogP contribution in [0.5, 0.6) is 0 Å². The average Bonchev–Trinajstić information content (AvgIpc) is 2.78. The third kappa shape index (κ3) is 4.33. The van der Waals surface area contributed by atoms with E-state index >= 15 is 0 Å². The lowest BCUT2D eigenvalue weighted by atomic mass is 9.99. The summed E-state index contributed by atoms with van der Waals surface area (Å²) in [5.74, 6) is -3.13. The van der Waals surface area contributed by atoms with E-state index in [1.54, 1.807) is 6.92 Å². The van der Waals surface area contributed by atoms with E-state index in [4.69, 9.17) is 10.8 Å². The summed E-state index contributed by atoms with van der Waals surface area (Å²) >= 11 is 0. The predicted molar refractivity (Wildman–Crippen MR) is 70.0 cm³/mol. The monoisotopic (exact) mass is 301 g/mol. The first-order valence-corrected chi connectivity index (χ1v) is 6.40. The standard InChI is InChI=1S/C12H19N3O6/c1-6-4-15(5-7(6)11(19)21-2)12(20)14-8(10(17)18)3-9(13)16/h6-8H,3-5H2,1-2H3,(H2,13,16)(H,14,20)(H,17,18)/t6?,7?,8-/m0/s1. The first-order chi connectivity index (χ1) is 9.76. The molecule has 1 aliphatic heterocycles. The van der Waals surface area contributed by atoms with E-state index in [0.717, 1.165) is 0 Å². The highest BCUT2D eigenvalue weighted by molar-refractivity contribution is 5.88. The largest absolute Gasteiger partial charge is 0.480 e. The zero-order chi connectivity index (χ0) is 16.2. The number of carboxylic acid groups (broad SMARTS) is 1. The quantitative estimate of drug-likeness (QED) is 0.543. The van der Waals surface area contributed by atoms with Gasteiger partial charge in [0, 0.05) is 13.1 Å². The van der Waals surface area contributed by atoms with Crippen molar-refractivity contribution in [1.82, 2.24) is 10.2 Å². The zero-order valence-corrected chi connectivity index (χ0v) is 11.9. The summed E-state index contributed by atoms with van der Waals surface area (Å²) in [7, 11) is 1.27. The minimum atomic E-state index is -1.39. The van der Waals surface area contributed by atoms with Crippen molar-refractivity contribution in [3.8, 4) is 0 Å². The highest BCUT2D eigenvalue weighted by Gasteiger charge is 2.38. The Morgan fingerprint density at radius 2 is 2.00 bits per heavy atom. The van der Waals surface area contributed by atoms with Gasteiger partial charge in [0.05, 0.1) is 19.4 Å². The van der Waals surface area contributed by atoms with Gasteiger partial charge in [-0.3, -0.25) is 9.59 Å². The van der Waals surface area contributed by atoms with E-state index in [-0.39, 0.29) is 12.5 Å². The van der Waals surface area contributed by atoms with Gasteiger partial charge in [-0.1, -0.05) is 6.92 Å². The second-order valence-electron chi connectivity index (χ2n) is 5.02. The van der Waals surface area contributed by atoms with Crippen LogP contribution in [0.25, 0.3) is 0 Å². The molecule has 4 N–H and O–H groups in total. The Hall–Kier alpha value is -2.32. The molecule has 9 heteroatoms. The smallest absolute Gasteiger partial charge is 0.326 e. The Balaban J connectivity index is 2.65. The number of carbonyl (C=O) groups excluding carboxylic acids is 3. The molecule has 1 rings (SSSR count). The minimum absolute atomic E-state index is 0.0948. The highest BCUT2D eigenvalue weighted by atomic mass is 16.5.